The lowest BCUT2D eigenvalue weighted by atomic mass is 10.1. The van der Waals surface area contributed by atoms with E-state index in [1.807, 2.05) is 49.3 Å². The van der Waals surface area contributed by atoms with Gasteiger partial charge in [0.1, 0.15) is 0 Å². The molecule has 27 heavy (non-hydrogen) atoms. The van der Waals surface area contributed by atoms with E-state index >= 15 is 0 Å². The first-order valence-corrected chi connectivity index (χ1v) is 10.3. The highest BCUT2D eigenvalue weighted by atomic mass is 32.2. The molecule has 2 aromatic rings. The Morgan fingerprint density at radius 3 is 2.11 bits per heavy atom. The van der Waals surface area contributed by atoms with E-state index in [0.717, 1.165) is 5.56 Å². The van der Waals surface area contributed by atoms with Gasteiger partial charge in [-0.15, -0.1) is 0 Å². The number of carbonyl (C=O) groups excluding carboxylic acids is 1. The van der Waals surface area contributed by atoms with Crippen molar-refractivity contribution >= 4 is 15.9 Å². The van der Waals surface area contributed by atoms with Crippen LogP contribution in [0.5, 0.6) is 0 Å². The summed E-state index contributed by atoms with van der Waals surface area (Å²) in [5.74, 6) is -0.244. The Morgan fingerprint density at radius 1 is 1.00 bits per heavy atom. The second-order valence-electron chi connectivity index (χ2n) is 7.00. The minimum Gasteiger partial charge on any atom is -0.344 e. The fourth-order valence-electron chi connectivity index (χ4n) is 2.69. The summed E-state index contributed by atoms with van der Waals surface area (Å²) in [6.45, 7) is 4.17. The molecule has 0 fully saturated rings. The second-order valence-corrected chi connectivity index (χ2v) is 8.71. The zero-order valence-corrected chi connectivity index (χ0v) is 17.0. The van der Waals surface area contributed by atoms with Crippen molar-refractivity contribution in [3.05, 3.63) is 65.7 Å². The minimum atomic E-state index is -3.57. The zero-order valence-electron chi connectivity index (χ0n) is 16.1. The molecule has 0 aromatic heterocycles. The summed E-state index contributed by atoms with van der Waals surface area (Å²) in [5, 5.41) is 3.03. The fraction of sp³-hybridized carbons (Fsp3) is 0.350. The summed E-state index contributed by atoms with van der Waals surface area (Å²) < 4.78 is 26.9. The summed E-state index contributed by atoms with van der Waals surface area (Å²) in [4.78, 5) is 14.8. The van der Waals surface area contributed by atoms with Crippen molar-refractivity contribution in [2.24, 2.45) is 0 Å². The van der Waals surface area contributed by atoms with E-state index in [9.17, 15) is 13.2 Å². The Kier molecular flexibility index (Phi) is 7.12. The Balaban J connectivity index is 2.16. The molecule has 0 saturated carbocycles. The van der Waals surface area contributed by atoms with Crippen LogP contribution < -0.4 is 10.0 Å². The van der Waals surface area contributed by atoms with Crippen LogP contribution in [0.1, 0.15) is 35.8 Å². The van der Waals surface area contributed by atoms with Crippen LogP contribution in [-0.2, 0) is 10.0 Å². The van der Waals surface area contributed by atoms with E-state index in [-0.39, 0.29) is 22.9 Å². The predicted octanol–water partition coefficient (Wildman–Crippen LogP) is 2.41. The average Bonchev–Trinajstić information content (AvgIpc) is 2.60. The lowest BCUT2D eigenvalue weighted by molar-refractivity contribution is 0.0930. The standard InChI is InChI=1S/C20H27N3O3S/c1-15(2)22-27(25,26)18-12-10-17(11-13-18)20(24)21-19(14-23(3)4)16-8-6-5-7-9-16/h5-13,15,19,22H,14H2,1-4H3,(H,21,24). The van der Waals surface area contributed by atoms with Gasteiger partial charge in [0.05, 0.1) is 10.9 Å². The Morgan fingerprint density at radius 2 is 1.59 bits per heavy atom. The molecule has 2 rings (SSSR count). The highest BCUT2D eigenvalue weighted by molar-refractivity contribution is 7.89. The first-order valence-electron chi connectivity index (χ1n) is 8.82. The number of rotatable bonds is 8. The smallest absolute Gasteiger partial charge is 0.251 e. The molecule has 0 heterocycles. The van der Waals surface area contributed by atoms with Gasteiger partial charge >= 0.3 is 0 Å². The number of nitrogens with zero attached hydrogens (tertiary/aromatic N) is 1. The van der Waals surface area contributed by atoms with Gasteiger partial charge in [0.25, 0.3) is 5.91 Å². The van der Waals surface area contributed by atoms with Crippen molar-refractivity contribution < 1.29 is 13.2 Å². The quantitative estimate of drug-likeness (QED) is 0.727. The molecule has 1 atom stereocenters. The van der Waals surface area contributed by atoms with Gasteiger partial charge in [-0.05, 0) is 57.8 Å². The monoisotopic (exact) mass is 389 g/mol. The van der Waals surface area contributed by atoms with Gasteiger partial charge in [0.15, 0.2) is 0 Å². The average molecular weight is 390 g/mol. The first-order chi connectivity index (χ1) is 12.7. The predicted molar refractivity (Wildman–Crippen MR) is 107 cm³/mol. The normalized spacial score (nSPS) is 13.0. The highest BCUT2D eigenvalue weighted by Crippen LogP contribution is 2.16. The molecule has 2 N–H and O–H groups in total. The van der Waals surface area contributed by atoms with Crippen LogP contribution in [0.25, 0.3) is 0 Å². The van der Waals surface area contributed by atoms with Crippen LogP contribution in [0.2, 0.25) is 0 Å². The molecule has 146 valence electrons. The molecule has 6 nitrogen and oxygen atoms in total. The van der Waals surface area contributed by atoms with Crippen LogP contribution >= 0.6 is 0 Å². The van der Waals surface area contributed by atoms with Crippen molar-refractivity contribution in [2.75, 3.05) is 20.6 Å². The van der Waals surface area contributed by atoms with Crippen molar-refractivity contribution in [3.8, 4) is 0 Å². The molecule has 0 bridgehead atoms. The third-order valence-corrected chi connectivity index (χ3v) is 5.55. The van der Waals surface area contributed by atoms with Crippen LogP contribution in [-0.4, -0.2) is 45.9 Å². The number of carbonyl (C=O) groups is 1. The van der Waals surface area contributed by atoms with Gasteiger partial charge in [0, 0.05) is 18.2 Å². The SMILES string of the molecule is CC(C)NS(=O)(=O)c1ccc(C(=O)NC(CN(C)C)c2ccccc2)cc1. The lowest BCUT2D eigenvalue weighted by Crippen LogP contribution is -2.35. The first kappa shape index (κ1) is 21.1. The molecule has 0 spiro atoms. The van der Waals surface area contributed by atoms with Gasteiger partial charge in [-0.1, -0.05) is 30.3 Å². The number of benzene rings is 2. The van der Waals surface area contributed by atoms with E-state index in [1.54, 1.807) is 13.8 Å². The van der Waals surface area contributed by atoms with Gasteiger partial charge in [-0.2, -0.15) is 0 Å². The van der Waals surface area contributed by atoms with Crippen LogP contribution in [0, 0.1) is 0 Å². The molecule has 0 aliphatic rings. The zero-order chi connectivity index (χ0) is 20.0. The maximum absolute atomic E-state index is 12.7. The number of hydrogen-bond acceptors (Lipinski definition) is 4. The summed E-state index contributed by atoms with van der Waals surface area (Å²) in [6.07, 6.45) is 0. The fourth-order valence-corrected chi connectivity index (χ4v) is 3.94. The van der Waals surface area contributed by atoms with E-state index in [1.165, 1.54) is 24.3 Å². The van der Waals surface area contributed by atoms with Gasteiger partial charge in [0.2, 0.25) is 10.0 Å². The Labute approximate surface area is 161 Å². The Bertz CT molecular complexity index is 848. The number of sulfonamides is 1. The Hall–Kier alpha value is -2.22. The molecular weight excluding hydrogens is 362 g/mol. The third kappa shape index (κ3) is 6.16. The number of hydrogen-bond donors (Lipinski definition) is 2. The van der Waals surface area contributed by atoms with Gasteiger partial charge in [-0.25, -0.2) is 13.1 Å². The lowest BCUT2D eigenvalue weighted by Gasteiger charge is -2.23. The van der Waals surface area contributed by atoms with Crippen molar-refractivity contribution in [3.63, 3.8) is 0 Å². The molecule has 2 aromatic carbocycles. The second kappa shape index (κ2) is 9.12. The van der Waals surface area contributed by atoms with Gasteiger partial charge < -0.3 is 10.2 Å². The minimum absolute atomic E-state index is 0.139. The number of likely N-dealkylation sites (N-methyl/N-ethyl adjacent to an activating group) is 1. The largest absolute Gasteiger partial charge is 0.344 e. The summed E-state index contributed by atoms with van der Waals surface area (Å²) in [5.41, 5.74) is 1.43. The summed E-state index contributed by atoms with van der Waals surface area (Å²) in [6, 6.07) is 15.3. The number of amides is 1. The maximum Gasteiger partial charge on any atom is 0.251 e. The molecule has 0 aliphatic carbocycles. The molecule has 0 aliphatic heterocycles. The topological polar surface area (TPSA) is 78.5 Å². The summed E-state index contributed by atoms with van der Waals surface area (Å²) in [7, 11) is 0.323. The molecule has 0 saturated heterocycles. The molecule has 0 radical (unpaired) electrons. The number of nitrogens with one attached hydrogen (secondary N) is 2. The molecular formula is C20H27N3O3S. The van der Waals surface area contributed by atoms with E-state index in [0.29, 0.717) is 12.1 Å². The van der Waals surface area contributed by atoms with E-state index in [4.69, 9.17) is 0 Å². The van der Waals surface area contributed by atoms with E-state index < -0.39 is 10.0 Å². The van der Waals surface area contributed by atoms with Crippen molar-refractivity contribution in [1.29, 1.82) is 0 Å². The molecule has 1 amide bonds. The van der Waals surface area contributed by atoms with Crippen LogP contribution in [0.3, 0.4) is 0 Å². The summed E-state index contributed by atoms with van der Waals surface area (Å²) >= 11 is 0. The maximum atomic E-state index is 12.7. The van der Waals surface area contributed by atoms with Crippen molar-refractivity contribution in [2.45, 2.75) is 30.8 Å². The van der Waals surface area contributed by atoms with E-state index in [2.05, 4.69) is 10.0 Å². The highest BCUT2D eigenvalue weighted by Gasteiger charge is 2.19. The molecule has 7 heteroatoms. The third-order valence-electron chi connectivity index (χ3n) is 3.87. The van der Waals surface area contributed by atoms with Crippen LogP contribution in [0.15, 0.2) is 59.5 Å². The van der Waals surface area contributed by atoms with Gasteiger partial charge in [-0.3, -0.25) is 4.79 Å². The molecule has 1 unspecified atom stereocenters. The van der Waals surface area contributed by atoms with Crippen LogP contribution in [0.4, 0.5) is 0 Å². The van der Waals surface area contributed by atoms with Crippen molar-refractivity contribution in [1.82, 2.24) is 14.9 Å².